The molecule has 0 saturated heterocycles. The topological polar surface area (TPSA) is 9.23 Å². The third-order valence-corrected chi connectivity index (χ3v) is 6.11. The van der Waals surface area contributed by atoms with Gasteiger partial charge < -0.3 is 4.74 Å². The maximum Gasteiger partial charge on any atom is 0.122 e. The van der Waals surface area contributed by atoms with Crippen LogP contribution in [0.1, 0.15) is 33.5 Å². The number of halogens is 1. The molecule has 1 aliphatic heterocycles. The molecule has 2 unspecified atom stereocenters. The van der Waals surface area contributed by atoms with Gasteiger partial charge >= 0.3 is 0 Å². The van der Waals surface area contributed by atoms with Gasteiger partial charge in [0.1, 0.15) is 5.75 Å². The number of hydrogen-bond donors (Lipinski definition) is 0. The second-order valence-electron chi connectivity index (χ2n) is 6.14. The van der Waals surface area contributed by atoms with E-state index in [1.165, 1.54) is 41.5 Å². The van der Waals surface area contributed by atoms with Gasteiger partial charge in [-0.25, -0.2) is 0 Å². The molecule has 0 saturated carbocycles. The Labute approximate surface area is 134 Å². The van der Waals surface area contributed by atoms with Crippen molar-refractivity contribution in [2.45, 2.75) is 30.5 Å². The molecule has 0 N–H and O–H groups in total. The van der Waals surface area contributed by atoms with Gasteiger partial charge in [0.05, 0.1) is 6.61 Å². The summed E-state index contributed by atoms with van der Waals surface area (Å²) in [7, 11) is 0. The van der Waals surface area contributed by atoms with Crippen molar-refractivity contribution in [3.05, 3.63) is 64.7 Å². The van der Waals surface area contributed by atoms with Crippen molar-refractivity contribution >= 4 is 15.9 Å². The Bertz CT molecular complexity index is 664. The molecule has 0 spiro atoms. The first-order valence-electron chi connectivity index (χ1n) is 7.78. The number of hydrogen-bond acceptors (Lipinski definition) is 1. The summed E-state index contributed by atoms with van der Waals surface area (Å²) in [6, 6.07) is 15.6. The lowest BCUT2D eigenvalue weighted by Crippen LogP contribution is -2.18. The Balaban J connectivity index is 1.57. The number of aryl methyl sites for hydroxylation is 1. The number of rotatable bonds is 2. The molecule has 1 heterocycles. The predicted molar refractivity (Wildman–Crippen MR) is 89.3 cm³/mol. The second-order valence-corrected chi connectivity index (χ2v) is 7.13. The van der Waals surface area contributed by atoms with Gasteiger partial charge in [0, 0.05) is 11.2 Å². The minimum atomic E-state index is 0.441. The van der Waals surface area contributed by atoms with E-state index in [-0.39, 0.29) is 0 Å². The van der Waals surface area contributed by atoms with E-state index in [0.717, 1.165) is 18.8 Å². The van der Waals surface area contributed by atoms with E-state index >= 15 is 0 Å². The van der Waals surface area contributed by atoms with Crippen molar-refractivity contribution in [1.29, 1.82) is 0 Å². The summed E-state index contributed by atoms with van der Waals surface area (Å²) >= 11 is 3.97. The Kier molecular flexibility index (Phi) is 3.50. The standard InChI is InChI=1S/C19H19BrO/c20-19(17-7-8-18-15(12-17)9-10-21-18)16-6-5-13-3-1-2-4-14(13)11-16/h1-4,7-8,12,16,19H,5-6,9-11H2. The molecule has 21 heavy (non-hydrogen) atoms. The average Bonchev–Trinajstić information content (AvgIpc) is 3.01. The fourth-order valence-corrected chi connectivity index (χ4v) is 4.36. The van der Waals surface area contributed by atoms with Gasteiger partial charge in [-0.3, -0.25) is 0 Å². The molecule has 0 amide bonds. The van der Waals surface area contributed by atoms with Crippen molar-refractivity contribution in [3.8, 4) is 5.75 Å². The van der Waals surface area contributed by atoms with E-state index in [9.17, 15) is 0 Å². The zero-order valence-corrected chi connectivity index (χ0v) is 13.6. The average molecular weight is 343 g/mol. The van der Waals surface area contributed by atoms with E-state index < -0.39 is 0 Å². The highest BCUT2D eigenvalue weighted by Gasteiger charge is 2.26. The van der Waals surface area contributed by atoms with Gasteiger partial charge in [0.25, 0.3) is 0 Å². The Morgan fingerprint density at radius 2 is 1.86 bits per heavy atom. The molecule has 4 rings (SSSR count). The van der Waals surface area contributed by atoms with E-state index in [1.807, 2.05) is 0 Å². The smallest absolute Gasteiger partial charge is 0.122 e. The molecule has 2 aromatic carbocycles. The van der Waals surface area contributed by atoms with Crippen molar-refractivity contribution in [3.63, 3.8) is 0 Å². The van der Waals surface area contributed by atoms with Crippen LogP contribution in [0.5, 0.6) is 5.75 Å². The molecule has 2 atom stereocenters. The summed E-state index contributed by atoms with van der Waals surface area (Å²) in [4.78, 5) is 0.441. The van der Waals surface area contributed by atoms with Gasteiger partial charge in [0.15, 0.2) is 0 Å². The van der Waals surface area contributed by atoms with Crippen LogP contribution >= 0.6 is 15.9 Å². The van der Waals surface area contributed by atoms with Crippen LogP contribution in [0.4, 0.5) is 0 Å². The summed E-state index contributed by atoms with van der Waals surface area (Å²) in [6.07, 6.45) is 4.70. The van der Waals surface area contributed by atoms with Crippen molar-refractivity contribution in [1.82, 2.24) is 0 Å². The van der Waals surface area contributed by atoms with E-state index in [0.29, 0.717) is 10.7 Å². The minimum absolute atomic E-state index is 0.441. The molecule has 2 aliphatic rings. The maximum absolute atomic E-state index is 5.61. The van der Waals surface area contributed by atoms with E-state index in [4.69, 9.17) is 4.74 Å². The van der Waals surface area contributed by atoms with Crippen LogP contribution < -0.4 is 4.74 Å². The number of benzene rings is 2. The van der Waals surface area contributed by atoms with Crippen LogP contribution in [-0.2, 0) is 19.3 Å². The van der Waals surface area contributed by atoms with Crippen molar-refractivity contribution < 1.29 is 4.74 Å². The summed E-state index contributed by atoms with van der Waals surface area (Å²) in [5, 5.41) is 0. The van der Waals surface area contributed by atoms with Crippen LogP contribution in [0.25, 0.3) is 0 Å². The molecule has 0 fully saturated rings. The molecule has 108 valence electrons. The second kappa shape index (κ2) is 5.49. The van der Waals surface area contributed by atoms with Crippen molar-refractivity contribution in [2.24, 2.45) is 5.92 Å². The normalized spacial score (nSPS) is 21.3. The third kappa shape index (κ3) is 2.50. The van der Waals surface area contributed by atoms with E-state index in [2.05, 4.69) is 58.4 Å². The summed E-state index contributed by atoms with van der Waals surface area (Å²) in [5.74, 6) is 1.76. The Hall–Kier alpha value is -1.28. The molecule has 1 nitrogen and oxygen atoms in total. The fourth-order valence-electron chi connectivity index (χ4n) is 3.63. The van der Waals surface area contributed by atoms with Crippen LogP contribution in [0.3, 0.4) is 0 Å². The van der Waals surface area contributed by atoms with Crippen LogP contribution in [-0.4, -0.2) is 6.61 Å². The van der Waals surface area contributed by atoms with E-state index in [1.54, 1.807) is 0 Å². The summed E-state index contributed by atoms with van der Waals surface area (Å²) in [5.41, 5.74) is 5.84. The van der Waals surface area contributed by atoms with Gasteiger partial charge in [-0.2, -0.15) is 0 Å². The van der Waals surface area contributed by atoms with Gasteiger partial charge in [-0.1, -0.05) is 52.3 Å². The highest BCUT2D eigenvalue weighted by atomic mass is 79.9. The number of ether oxygens (including phenoxy) is 1. The lowest BCUT2D eigenvalue weighted by atomic mass is 9.80. The largest absolute Gasteiger partial charge is 0.493 e. The van der Waals surface area contributed by atoms with Crippen LogP contribution in [0.15, 0.2) is 42.5 Å². The van der Waals surface area contributed by atoms with Gasteiger partial charge in [0.2, 0.25) is 0 Å². The number of fused-ring (bicyclic) bond motifs is 2. The predicted octanol–water partition coefficient (Wildman–Crippen LogP) is 4.86. The first kappa shape index (κ1) is 13.4. The SMILES string of the molecule is BrC(c1ccc2c(c1)CCO2)C1CCc2ccccc2C1. The summed E-state index contributed by atoms with van der Waals surface area (Å²) < 4.78 is 5.61. The molecule has 0 aromatic heterocycles. The molecule has 0 radical (unpaired) electrons. The molecular weight excluding hydrogens is 324 g/mol. The Morgan fingerprint density at radius 1 is 1.00 bits per heavy atom. The first-order valence-corrected chi connectivity index (χ1v) is 8.69. The van der Waals surface area contributed by atoms with Crippen molar-refractivity contribution in [2.75, 3.05) is 6.61 Å². The lowest BCUT2D eigenvalue weighted by molar-refractivity contribution is 0.356. The minimum Gasteiger partial charge on any atom is -0.493 e. The van der Waals surface area contributed by atoms with Gasteiger partial charge in [-0.15, -0.1) is 0 Å². The summed E-state index contributed by atoms with van der Waals surface area (Å²) in [6.45, 7) is 0.836. The monoisotopic (exact) mass is 342 g/mol. The van der Waals surface area contributed by atoms with Gasteiger partial charge in [-0.05, 0) is 53.5 Å². The molecular formula is C19H19BrO. The number of alkyl halides is 1. The Morgan fingerprint density at radius 3 is 2.76 bits per heavy atom. The quantitative estimate of drug-likeness (QED) is 0.708. The first-order chi connectivity index (χ1) is 10.3. The fraction of sp³-hybridized carbons (Fsp3) is 0.368. The van der Waals surface area contributed by atoms with Crippen LogP contribution in [0.2, 0.25) is 0 Å². The molecule has 2 heteroatoms. The van der Waals surface area contributed by atoms with Crippen LogP contribution in [0, 0.1) is 5.92 Å². The molecule has 2 aromatic rings. The zero-order chi connectivity index (χ0) is 14.2. The maximum atomic E-state index is 5.61. The zero-order valence-electron chi connectivity index (χ0n) is 12.0. The highest BCUT2D eigenvalue weighted by Crippen LogP contribution is 2.41. The third-order valence-electron chi connectivity index (χ3n) is 4.83. The highest BCUT2D eigenvalue weighted by molar-refractivity contribution is 9.09. The lowest BCUT2D eigenvalue weighted by Gasteiger charge is -2.29. The molecule has 0 bridgehead atoms. The molecule has 1 aliphatic carbocycles.